The van der Waals surface area contributed by atoms with Gasteiger partial charge in [-0.05, 0) is 18.6 Å². The van der Waals surface area contributed by atoms with E-state index in [4.69, 9.17) is 4.74 Å². The van der Waals surface area contributed by atoms with Crippen LogP contribution in [0.25, 0.3) is 0 Å². The average molecular weight is 296 g/mol. The molecule has 0 saturated carbocycles. The molecule has 6 heteroatoms. The highest BCUT2D eigenvalue weighted by Crippen LogP contribution is 2.08. The van der Waals surface area contributed by atoms with Crippen LogP contribution in [0, 0.1) is 0 Å². The fourth-order valence-corrected chi connectivity index (χ4v) is 1.47. The highest BCUT2D eigenvalue weighted by atomic mass is 32.1. The molecule has 0 radical (unpaired) electrons. The fraction of sp³-hybridized carbons (Fsp3) is 0.286. The van der Waals surface area contributed by atoms with E-state index >= 15 is 0 Å². The summed E-state index contributed by atoms with van der Waals surface area (Å²) >= 11 is 4.11. The van der Waals surface area contributed by atoms with Crippen molar-refractivity contribution in [3.05, 3.63) is 47.7 Å². The molecule has 0 aliphatic carbocycles. The zero-order valence-corrected chi connectivity index (χ0v) is 12.0. The van der Waals surface area contributed by atoms with Crippen molar-refractivity contribution in [2.45, 2.75) is 12.7 Å². The van der Waals surface area contributed by atoms with Gasteiger partial charge in [0.1, 0.15) is 19.5 Å². The fourth-order valence-electron chi connectivity index (χ4n) is 1.26. The van der Waals surface area contributed by atoms with Crippen molar-refractivity contribution in [2.24, 2.45) is 0 Å². The smallest absolute Gasteiger partial charge is 0.379 e. The van der Waals surface area contributed by atoms with Gasteiger partial charge >= 0.3 is 5.97 Å². The molecule has 0 unspecified atom stereocenters. The van der Waals surface area contributed by atoms with Crippen LogP contribution in [0.1, 0.15) is 22.8 Å². The van der Waals surface area contributed by atoms with E-state index in [1.807, 2.05) is 0 Å². The third-order valence-electron chi connectivity index (χ3n) is 2.24. The van der Waals surface area contributed by atoms with Crippen LogP contribution in [0.5, 0.6) is 0 Å². The van der Waals surface area contributed by atoms with Crippen molar-refractivity contribution in [1.29, 1.82) is 0 Å². The van der Waals surface area contributed by atoms with Crippen molar-refractivity contribution >= 4 is 24.4 Å². The number of allylic oxidation sites excluding steroid dienone is 1. The van der Waals surface area contributed by atoms with Crippen molar-refractivity contribution in [2.75, 3.05) is 13.2 Å². The third kappa shape index (κ3) is 5.46. The van der Waals surface area contributed by atoms with Gasteiger partial charge in [-0.2, -0.15) is 17.5 Å². The standard InChI is InChI=1S/C14H16O5S/c1-2-7-18-19-9-8-17-14(16)13(15)12-5-3-11(10-20)4-6-12/h2-7,20H,8-10H2,1H3/b7-2-. The molecule has 0 amide bonds. The number of rotatable bonds is 8. The number of benzene rings is 1. The van der Waals surface area contributed by atoms with Gasteiger partial charge in [0.15, 0.2) is 0 Å². The largest absolute Gasteiger partial charge is 0.457 e. The van der Waals surface area contributed by atoms with Crippen LogP contribution in [-0.4, -0.2) is 25.0 Å². The lowest BCUT2D eigenvalue weighted by Gasteiger charge is -2.04. The van der Waals surface area contributed by atoms with Gasteiger partial charge in [0, 0.05) is 11.3 Å². The highest BCUT2D eigenvalue weighted by Gasteiger charge is 2.17. The molecule has 0 aliphatic heterocycles. The molecule has 108 valence electrons. The van der Waals surface area contributed by atoms with E-state index in [2.05, 4.69) is 22.4 Å². The molecule has 20 heavy (non-hydrogen) atoms. The second-order valence-electron chi connectivity index (χ2n) is 3.71. The minimum absolute atomic E-state index is 0.0436. The van der Waals surface area contributed by atoms with E-state index in [1.165, 1.54) is 6.26 Å². The van der Waals surface area contributed by atoms with Crippen LogP contribution in [0.3, 0.4) is 0 Å². The van der Waals surface area contributed by atoms with E-state index in [9.17, 15) is 9.59 Å². The monoisotopic (exact) mass is 296 g/mol. The van der Waals surface area contributed by atoms with Crippen molar-refractivity contribution < 1.29 is 24.1 Å². The van der Waals surface area contributed by atoms with Gasteiger partial charge in [-0.1, -0.05) is 24.3 Å². The second kappa shape index (κ2) is 9.17. The highest BCUT2D eigenvalue weighted by molar-refractivity contribution is 7.79. The van der Waals surface area contributed by atoms with Crippen LogP contribution in [0.4, 0.5) is 0 Å². The maximum Gasteiger partial charge on any atom is 0.379 e. The minimum atomic E-state index is -0.918. The van der Waals surface area contributed by atoms with Gasteiger partial charge in [-0.25, -0.2) is 4.79 Å². The zero-order valence-electron chi connectivity index (χ0n) is 11.1. The molecule has 0 spiro atoms. The molecule has 5 nitrogen and oxygen atoms in total. The third-order valence-corrected chi connectivity index (χ3v) is 2.61. The van der Waals surface area contributed by atoms with Crippen LogP contribution in [0.2, 0.25) is 0 Å². The second-order valence-corrected chi connectivity index (χ2v) is 4.02. The van der Waals surface area contributed by atoms with Gasteiger partial charge in [-0.15, -0.1) is 0 Å². The van der Waals surface area contributed by atoms with E-state index < -0.39 is 11.8 Å². The summed E-state index contributed by atoms with van der Waals surface area (Å²) in [6.07, 6.45) is 2.99. The maximum absolute atomic E-state index is 11.7. The van der Waals surface area contributed by atoms with E-state index in [0.717, 1.165) is 5.56 Å². The first-order valence-corrected chi connectivity index (χ1v) is 6.63. The molecule has 0 N–H and O–H groups in total. The zero-order chi connectivity index (χ0) is 14.8. The molecular formula is C14H16O5S. The Labute approximate surface area is 122 Å². The van der Waals surface area contributed by atoms with E-state index in [0.29, 0.717) is 5.75 Å². The first kappa shape index (κ1) is 16.3. The number of hydrogen-bond acceptors (Lipinski definition) is 6. The molecule has 0 heterocycles. The predicted octanol–water partition coefficient (Wildman–Crippen LogP) is 2.32. The molecule has 0 fully saturated rings. The average Bonchev–Trinajstić information content (AvgIpc) is 2.50. The normalized spacial score (nSPS) is 10.5. The number of esters is 1. The summed E-state index contributed by atoms with van der Waals surface area (Å²) in [6, 6.07) is 6.62. The molecule has 0 aliphatic rings. The number of ketones is 1. The molecule has 1 aromatic rings. The number of ether oxygens (including phenoxy) is 1. The van der Waals surface area contributed by atoms with Gasteiger partial charge in [0.25, 0.3) is 5.78 Å². The van der Waals surface area contributed by atoms with Crippen molar-refractivity contribution in [3.63, 3.8) is 0 Å². The molecule has 0 saturated heterocycles. The summed E-state index contributed by atoms with van der Waals surface area (Å²) in [7, 11) is 0. The number of Topliss-reactive ketones (excluding diaryl/α,β-unsaturated/α-hetero) is 1. The molecule has 1 aromatic carbocycles. The van der Waals surface area contributed by atoms with Crippen molar-refractivity contribution in [3.8, 4) is 0 Å². The van der Waals surface area contributed by atoms with E-state index in [1.54, 1.807) is 37.3 Å². The summed E-state index contributed by atoms with van der Waals surface area (Å²) in [5, 5.41) is 0. The SMILES string of the molecule is C/C=C\OOCCOC(=O)C(=O)c1ccc(CS)cc1. The van der Waals surface area contributed by atoms with Gasteiger partial charge in [0.2, 0.25) is 0 Å². The molecular weight excluding hydrogens is 280 g/mol. The Morgan fingerprint density at radius 2 is 1.90 bits per heavy atom. The quantitative estimate of drug-likeness (QED) is 0.117. The first-order valence-electron chi connectivity index (χ1n) is 5.99. The Balaban J connectivity index is 2.36. The molecule has 0 bridgehead atoms. The Morgan fingerprint density at radius 1 is 1.20 bits per heavy atom. The lowest BCUT2D eigenvalue weighted by molar-refractivity contribution is -0.253. The predicted molar refractivity (Wildman–Crippen MR) is 76.3 cm³/mol. The number of carbonyl (C=O) groups excluding carboxylic acids is 2. The number of thiol groups is 1. The van der Waals surface area contributed by atoms with Crippen LogP contribution in [0.15, 0.2) is 36.6 Å². The Bertz CT molecular complexity index is 467. The molecule has 0 aromatic heterocycles. The first-order chi connectivity index (χ1) is 9.69. The summed E-state index contributed by atoms with van der Waals surface area (Å²) in [5.41, 5.74) is 1.25. The van der Waals surface area contributed by atoms with Gasteiger partial charge < -0.3 is 9.62 Å². The Hall–Kier alpha value is -1.79. The lowest BCUT2D eigenvalue weighted by Crippen LogP contribution is -2.19. The summed E-state index contributed by atoms with van der Waals surface area (Å²) in [5.74, 6) is -1.04. The summed E-state index contributed by atoms with van der Waals surface area (Å²) < 4.78 is 4.76. The van der Waals surface area contributed by atoms with Crippen LogP contribution < -0.4 is 0 Å². The van der Waals surface area contributed by atoms with Crippen molar-refractivity contribution in [1.82, 2.24) is 0 Å². The lowest BCUT2D eigenvalue weighted by atomic mass is 10.1. The summed E-state index contributed by atoms with van der Waals surface area (Å²) in [6.45, 7) is 1.75. The molecule has 1 rings (SSSR count). The minimum Gasteiger partial charge on any atom is -0.457 e. The van der Waals surface area contributed by atoms with Gasteiger partial charge in [0.05, 0.1) is 0 Å². The molecule has 0 atom stereocenters. The maximum atomic E-state index is 11.7. The Morgan fingerprint density at radius 3 is 2.50 bits per heavy atom. The van der Waals surface area contributed by atoms with E-state index in [-0.39, 0.29) is 18.8 Å². The van der Waals surface area contributed by atoms with Crippen LogP contribution in [-0.2, 0) is 25.1 Å². The topological polar surface area (TPSA) is 61.8 Å². The Kier molecular flexibility index (Phi) is 7.46. The number of hydrogen-bond donors (Lipinski definition) is 1. The van der Waals surface area contributed by atoms with Gasteiger partial charge in [-0.3, -0.25) is 4.79 Å². The van der Waals surface area contributed by atoms with Crippen LogP contribution >= 0.6 is 12.6 Å². The number of carbonyl (C=O) groups is 2. The summed E-state index contributed by atoms with van der Waals surface area (Å²) in [4.78, 5) is 32.5.